The minimum absolute atomic E-state index is 0.205. The van der Waals surface area contributed by atoms with Gasteiger partial charge in [0.1, 0.15) is 17.3 Å². The molecule has 11 nitrogen and oxygen atoms in total. The first-order valence-electron chi connectivity index (χ1n) is 9.90. The van der Waals surface area contributed by atoms with Gasteiger partial charge in [0.15, 0.2) is 5.76 Å². The van der Waals surface area contributed by atoms with Crippen molar-refractivity contribution in [2.75, 3.05) is 5.73 Å². The maximum absolute atomic E-state index is 11.0. The van der Waals surface area contributed by atoms with Gasteiger partial charge in [-0.1, -0.05) is 28.9 Å². The molecule has 0 fully saturated rings. The van der Waals surface area contributed by atoms with Crippen LogP contribution in [-0.2, 0) is 28.8 Å². The number of halogens is 1. The van der Waals surface area contributed by atoms with Crippen LogP contribution in [0.3, 0.4) is 0 Å². The van der Waals surface area contributed by atoms with Crippen molar-refractivity contribution in [3.8, 4) is 17.2 Å². The van der Waals surface area contributed by atoms with E-state index >= 15 is 0 Å². The van der Waals surface area contributed by atoms with E-state index in [4.69, 9.17) is 36.4 Å². The zero-order chi connectivity index (χ0) is 24.1. The summed E-state index contributed by atoms with van der Waals surface area (Å²) in [6.07, 6.45) is 3.67. The van der Waals surface area contributed by atoms with Gasteiger partial charge in [0.05, 0.1) is 17.6 Å². The summed E-state index contributed by atoms with van der Waals surface area (Å²) in [6, 6.07) is 14.0. The highest BCUT2D eigenvalue weighted by Gasteiger charge is 2.20. The first-order chi connectivity index (χ1) is 16.3. The van der Waals surface area contributed by atoms with E-state index in [-0.39, 0.29) is 12.4 Å². The Morgan fingerprint density at radius 2 is 2.00 bits per heavy atom. The molecule has 0 saturated heterocycles. The zero-order valence-electron chi connectivity index (χ0n) is 17.6. The largest absolute Gasteiger partial charge is 0.472 e. The fraction of sp³-hybridized carbons (Fsp3) is 0.143. The second-order valence-corrected chi connectivity index (χ2v) is 8.76. The van der Waals surface area contributed by atoms with Gasteiger partial charge in [0.25, 0.3) is 5.82 Å². The molecule has 0 amide bonds. The monoisotopic (exact) mass is 504 g/mol. The van der Waals surface area contributed by atoms with E-state index in [0.29, 0.717) is 40.2 Å². The third-order valence-corrected chi connectivity index (χ3v) is 5.29. The van der Waals surface area contributed by atoms with Gasteiger partial charge in [0.2, 0.25) is 12.6 Å². The lowest BCUT2D eigenvalue weighted by molar-refractivity contribution is -0.711. The van der Waals surface area contributed by atoms with E-state index in [1.807, 2.05) is 12.1 Å². The predicted molar refractivity (Wildman–Crippen MR) is 120 cm³/mol. The van der Waals surface area contributed by atoms with Crippen LogP contribution in [0.5, 0.6) is 5.88 Å². The van der Waals surface area contributed by atoms with Gasteiger partial charge in [-0.25, -0.2) is 23.6 Å². The summed E-state index contributed by atoms with van der Waals surface area (Å²) >= 11 is 5.87. The quantitative estimate of drug-likeness (QED) is 0.176. The fourth-order valence-electron chi connectivity index (χ4n) is 3.03. The first kappa shape index (κ1) is 23.8. The molecule has 0 radical (unpaired) electrons. The van der Waals surface area contributed by atoms with Crippen molar-refractivity contribution < 1.29 is 32.7 Å². The van der Waals surface area contributed by atoms with E-state index in [9.17, 15) is 4.57 Å². The number of phosphoric ester groups is 1. The summed E-state index contributed by atoms with van der Waals surface area (Å²) in [5.74, 6) is 1.06. The molecule has 0 spiro atoms. The Morgan fingerprint density at radius 3 is 2.74 bits per heavy atom. The van der Waals surface area contributed by atoms with Crippen molar-refractivity contribution in [2.24, 2.45) is 0 Å². The third kappa shape index (κ3) is 6.37. The number of anilines is 1. The molecule has 176 valence electrons. The van der Waals surface area contributed by atoms with Gasteiger partial charge >= 0.3 is 7.82 Å². The number of phosphoric acid groups is 1. The zero-order valence-corrected chi connectivity index (χ0v) is 19.3. The standard InChI is InChI=1S/C21H19ClN5O6P/c22-19-5-1-3-15(25-19)12-31-20-7-6-14(11-24-20)9-16-10-18(33-26-16)17-4-2-8-27(21(17)23)13-32-34(28,29)30/h1-8,10-11,23H,9,12-13H2,(H2,28,29,30)/p+1. The molecule has 0 aliphatic carbocycles. The maximum atomic E-state index is 11.0. The van der Waals surface area contributed by atoms with Crippen molar-refractivity contribution in [1.29, 1.82) is 0 Å². The highest BCUT2D eigenvalue weighted by molar-refractivity contribution is 7.46. The van der Waals surface area contributed by atoms with Gasteiger partial charge in [0, 0.05) is 24.8 Å². The SMILES string of the molecule is Nc1c(-c2cc(Cc3ccc(OCc4cccc(Cl)n4)nc3)no2)ccc[n+]1COP(=O)(O)O. The number of hydrogen-bond donors (Lipinski definition) is 3. The Bertz CT molecular complexity index is 1330. The smallest absolute Gasteiger partial charge is 0.471 e. The lowest BCUT2D eigenvalue weighted by Crippen LogP contribution is -2.38. The van der Waals surface area contributed by atoms with Crippen molar-refractivity contribution in [2.45, 2.75) is 19.8 Å². The fourth-order valence-corrected chi connectivity index (χ4v) is 3.49. The number of nitrogen functional groups attached to an aromatic ring is 1. The van der Waals surface area contributed by atoms with Crippen molar-refractivity contribution in [1.82, 2.24) is 15.1 Å². The van der Waals surface area contributed by atoms with Gasteiger partial charge < -0.3 is 19.0 Å². The highest BCUT2D eigenvalue weighted by Crippen LogP contribution is 2.35. The minimum atomic E-state index is -4.63. The van der Waals surface area contributed by atoms with E-state index in [0.717, 1.165) is 5.56 Å². The number of aromatic nitrogens is 4. The van der Waals surface area contributed by atoms with Crippen LogP contribution in [0.1, 0.15) is 17.0 Å². The Kier molecular flexibility index (Phi) is 7.20. The molecule has 4 N–H and O–H groups in total. The molecular weight excluding hydrogens is 485 g/mol. The number of nitrogens with zero attached hydrogens (tertiary/aromatic N) is 4. The molecule has 4 aromatic heterocycles. The average molecular weight is 505 g/mol. The second-order valence-electron chi connectivity index (χ2n) is 7.13. The van der Waals surface area contributed by atoms with Gasteiger partial charge in [-0.3, -0.25) is 5.73 Å². The molecule has 0 unspecified atom stereocenters. The van der Waals surface area contributed by atoms with Crippen molar-refractivity contribution in [3.63, 3.8) is 0 Å². The maximum Gasteiger partial charge on any atom is 0.472 e. The Hall–Kier alpha value is -3.34. The van der Waals surface area contributed by atoms with Crippen LogP contribution in [0, 0.1) is 0 Å². The first-order valence-corrected chi connectivity index (χ1v) is 11.8. The summed E-state index contributed by atoms with van der Waals surface area (Å²) in [6.45, 7) is -0.171. The Labute approximate surface area is 199 Å². The Balaban J connectivity index is 1.40. The van der Waals surface area contributed by atoms with Gasteiger partial charge in [-0.15, -0.1) is 0 Å². The second kappa shape index (κ2) is 10.3. The number of hydrogen-bond acceptors (Lipinski definition) is 8. The summed E-state index contributed by atoms with van der Waals surface area (Å²) in [5, 5.41) is 4.48. The van der Waals surface area contributed by atoms with Crippen LogP contribution < -0.4 is 15.0 Å². The van der Waals surface area contributed by atoms with Crippen LogP contribution in [0.4, 0.5) is 5.82 Å². The molecular formula is C21H20ClN5O6P+. The predicted octanol–water partition coefficient (Wildman–Crippen LogP) is 2.89. The lowest BCUT2D eigenvalue weighted by Gasteiger charge is -2.07. The normalized spacial score (nSPS) is 11.5. The summed E-state index contributed by atoms with van der Waals surface area (Å²) in [4.78, 5) is 26.3. The van der Waals surface area contributed by atoms with E-state index < -0.39 is 14.6 Å². The minimum Gasteiger partial charge on any atom is -0.471 e. The van der Waals surface area contributed by atoms with Gasteiger partial charge in [-0.2, -0.15) is 0 Å². The summed E-state index contributed by atoms with van der Waals surface area (Å²) in [7, 11) is -4.63. The number of nitrogens with two attached hydrogens (primary N) is 1. The third-order valence-electron chi connectivity index (χ3n) is 4.63. The number of rotatable bonds is 9. The van der Waals surface area contributed by atoms with Crippen molar-refractivity contribution >= 4 is 25.2 Å². The van der Waals surface area contributed by atoms with E-state index in [2.05, 4.69) is 19.6 Å². The highest BCUT2D eigenvalue weighted by atomic mass is 35.5. The van der Waals surface area contributed by atoms with Crippen LogP contribution in [0.15, 0.2) is 65.4 Å². The Morgan fingerprint density at radius 1 is 1.15 bits per heavy atom. The van der Waals surface area contributed by atoms with Crippen LogP contribution >= 0.6 is 19.4 Å². The van der Waals surface area contributed by atoms with E-state index in [1.54, 1.807) is 42.6 Å². The molecule has 4 aromatic rings. The molecule has 34 heavy (non-hydrogen) atoms. The van der Waals surface area contributed by atoms with Gasteiger partial charge in [-0.05, 0) is 29.8 Å². The molecule has 0 saturated carbocycles. The number of ether oxygens (including phenoxy) is 1. The molecule has 0 aliphatic rings. The molecule has 0 aliphatic heterocycles. The summed E-state index contributed by atoms with van der Waals surface area (Å²) < 4.78 is 27.9. The summed E-state index contributed by atoms with van der Waals surface area (Å²) in [5.41, 5.74) is 8.85. The molecule has 13 heteroatoms. The average Bonchev–Trinajstić information content (AvgIpc) is 3.25. The van der Waals surface area contributed by atoms with Crippen LogP contribution in [0.2, 0.25) is 5.15 Å². The van der Waals surface area contributed by atoms with E-state index in [1.165, 1.54) is 10.8 Å². The van der Waals surface area contributed by atoms with Crippen LogP contribution in [0.25, 0.3) is 11.3 Å². The molecule has 4 heterocycles. The molecule has 4 rings (SSSR count). The molecule has 0 aromatic carbocycles. The molecule has 0 atom stereocenters. The van der Waals surface area contributed by atoms with Crippen molar-refractivity contribution in [3.05, 3.63) is 83.0 Å². The molecule has 0 bridgehead atoms. The topological polar surface area (TPSA) is 158 Å². The van der Waals surface area contributed by atoms with Crippen LogP contribution in [-0.4, -0.2) is 24.9 Å². The number of pyridine rings is 3. The lowest BCUT2D eigenvalue weighted by atomic mass is 10.1.